The molecule has 0 spiro atoms. The van der Waals surface area contributed by atoms with Gasteiger partial charge in [0, 0.05) is 22.4 Å². The zero-order chi connectivity index (χ0) is 28.0. The standard InChI is InChI=1S/C28H32FNO3.2C2H6/c1-6-33-28(31)25-24(21-14-10-11-15-23(21)29)22(17-32-16-20-12-8-7-9-13-20)26(18(2)3)30-27(25)19(4)5;2*1-2/h7-15,18-19H,6,16-17H2,1-5H3;2*1-2H3. The lowest BCUT2D eigenvalue weighted by atomic mass is 9.87. The molecule has 3 rings (SSSR count). The first-order valence-electron chi connectivity index (χ1n) is 13.4. The zero-order valence-corrected chi connectivity index (χ0v) is 24.0. The molecular formula is C32H44FNO3. The molecule has 2 aromatic carbocycles. The topological polar surface area (TPSA) is 48.4 Å². The quantitative estimate of drug-likeness (QED) is 0.270. The molecule has 0 radical (unpaired) electrons. The van der Waals surface area contributed by atoms with Gasteiger partial charge in [-0.1, -0.05) is 104 Å². The van der Waals surface area contributed by atoms with Crippen molar-refractivity contribution in [3.63, 3.8) is 0 Å². The second-order valence-corrected chi connectivity index (χ2v) is 8.60. The number of hydrogen-bond donors (Lipinski definition) is 0. The van der Waals surface area contributed by atoms with E-state index >= 15 is 4.39 Å². The lowest BCUT2D eigenvalue weighted by molar-refractivity contribution is 0.0524. The molecule has 3 aromatic rings. The third-order valence-electron chi connectivity index (χ3n) is 5.43. The first kappa shape index (κ1) is 32.0. The summed E-state index contributed by atoms with van der Waals surface area (Å²) < 4.78 is 26.6. The maximum atomic E-state index is 15.1. The molecule has 0 aliphatic rings. The van der Waals surface area contributed by atoms with Gasteiger partial charge in [0.1, 0.15) is 5.82 Å². The number of halogens is 1. The first-order valence-corrected chi connectivity index (χ1v) is 13.4. The summed E-state index contributed by atoms with van der Waals surface area (Å²) in [6.07, 6.45) is 0. The molecule has 4 nitrogen and oxygen atoms in total. The fourth-order valence-corrected chi connectivity index (χ4v) is 3.92. The molecular weight excluding hydrogens is 465 g/mol. The molecule has 1 heterocycles. The molecule has 0 fully saturated rings. The third-order valence-corrected chi connectivity index (χ3v) is 5.43. The van der Waals surface area contributed by atoms with Gasteiger partial charge in [0.15, 0.2) is 0 Å². The second-order valence-electron chi connectivity index (χ2n) is 8.60. The van der Waals surface area contributed by atoms with Crippen molar-refractivity contribution in [2.75, 3.05) is 6.61 Å². The van der Waals surface area contributed by atoms with Crippen LogP contribution in [0.1, 0.15) is 107 Å². The summed E-state index contributed by atoms with van der Waals surface area (Å²) in [7, 11) is 0. The largest absolute Gasteiger partial charge is 0.462 e. The highest BCUT2D eigenvalue weighted by Gasteiger charge is 2.29. The number of hydrogen-bond acceptors (Lipinski definition) is 4. The average Bonchev–Trinajstić information content (AvgIpc) is 2.91. The van der Waals surface area contributed by atoms with E-state index < -0.39 is 11.8 Å². The lowest BCUT2D eigenvalue weighted by Crippen LogP contribution is -2.18. The lowest BCUT2D eigenvalue weighted by Gasteiger charge is -2.24. The maximum absolute atomic E-state index is 15.1. The number of esters is 1. The predicted octanol–water partition coefficient (Wildman–Crippen LogP) is 9.08. The van der Waals surface area contributed by atoms with E-state index in [1.54, 1.807) is 25.1 Å². The van der Waals surface area contributed by atoms with Crippen LogP contribution >= 0.6 is 0 Å². The first-order chi connectivity index (χ1) is 17.8. The molecule has 0 bridgehead atoms. The number of aromatic nitrogens is 1. The highest BCUT2D eigenvalue weighted by molar-refractivity contribution is 6.00. The van der Waals surface area contributed by atoms with Crippen molar-refractivity contribution >= 4 is 5.97 Å². The summed E-state index contributed by atoms with van der Waals surface area (Å²) in [6, 6.07) is 16.4. The summed E-state index contributed by atoms with van der Waals surface area (Å²) in [4.78, 5) is 18.1. The predicted molar refractivity (Wildman–Crippen MR) is 151 cm³/mol. The van der Waals surface area contributed by atoms with Crippen LogP contribution in [0.5, 0.6) is 0 Å². The Morgan fingerprint density at radius 3 is 1.95 bits per heavy atom. The molecule has 37 heavy (non-hydrogen) atoms. The minimum atomic E-state index is -0.494. The Labute approximate surface area is 223 Å². The minimum Gasteiger partial charge on any atom is -0.462 e. The van der Waals surface area contributed by atoms with Crippen molar-refractivity contribution in [3.8, 4) is 11.1 Å². The van der Waals surface area contributed by atoms with Gasteiger partial charge in [-0.25, -0.2) is 9.18 Å². The number of pyridine rings is 1. The van der Waals surface area contributed by atoms with E-state index in [4.69, 9.17) is 14.5 Å². The molecule has 0 N–H and O–H groups in total. The van der Waals surface area contributed by atoms with Crippen molar-refractivity contribution in [2.45, 2.75) is 87.4 Å². The molecule has 1 aromatic heterocycles. The summed E-state index contributed by atoms with van der Waals surface area (Å²) in [5.41, 5.74) is 4.36. The third kappa shape index (κ3) is 8.50. The number of benzene rings is 2. The second kappa shape index (κ2) is 16.6. The van der Waals surface area contributed by atoms with Crippen LogP contribution in [0.4, 0.5) is 4.39 Å². The van der Waals surface area contributed by atoms with Gasteiger partial charge >= 0.3 is 5.97 Å². The molecule has 0 aliphatic carbocycles. The summed E-state index contributed by atoms with van der Waals surface area (Å²) in [5.74, 6) is -0.888. The van der Waals surface area contributed by atoms with Crippen LogP contribution in [0.15, 0.2) is 54.6 Å². The molecule has 0 aliphatic heterocycles. The van der Waals surface area contributed by atoms with Crippen molar-refractivity contribution in [1.82, 2.24) is 4.98 Å². The number of carbonyl (C=O) groups excluding carboxylic acids is 1. The van der Waals surface area contributed by atoms with Crippen LogP contribution in [0.2, 0.25) is 0 Å². The normalized spacial score (nSPS) is 10.4. The van der Waals surface area contributed by atoms with E-state index in [0.717, 1.165) is 16.8 Å². The Morgan fingerprint density at radius 2 is 1.41 bits per heavy atom. The van der Waals surface area contributed by atoms with E-state index in [9.17, 15) is 4.79 Å². The maximum Gasteiger partial charge on any atom is 0.340 e. The summed E-state index contributed by atoms with van der Waals surface area (Å²) in [6.45, 7) is 18.6. The minimum absolute atomic E-state index is 0.0493. The van der Waals surface area contributed by atoms with Gasteiger partial charge in [0.05, 0.1) is 31.1 Å². The molecule has 0 unspecified atom stereocenters. The Bertz CT molecular complexity index is 1090. The summed E-state index contributed by atoms with van der Waals surface area (Å²) >= 11 is 0. The highest BCUT2D eigenvalue weighted by Crippen LogP contribution is 2.38. The van der Waals surface area contributed by atoms with Crippen molar-refractivity contribution in [2.24, 2.45) is 0 Å². The summed E-state index contributed by atoms with van der Waals surface area (Å²) in [5, 5.41) is 0. The van der Waals surface area contributed by atoms with E-state index in [2.05, 4.69) is 0 Å². The number of ether oxygens (including phenoxy) is 2. The van der Waals surface area contributed by atoms with E-state index in [0.29, 0.717) is 29.0 Å². The van der Waals surface area contributed by atoms with E-state index in [-0.39, 0.29) is 25.0 Å². The van der Waals surface area contributed by atoms with Crippen LogP contribution in [-0.4, -0.2) is 17.6 Å². The van der Waals surface area contributed by atoms with Gasteiger partial charge < -0.3 is 9.47 Å². The van der Waals surface area contributed by atoms with Gasteiger partial charge in [-0.2, -0.15) is 0 Å². The van der Waals surface area contributed by atoms with Crippen LogP contribution in [0, 0.1) is 5.82 Å². The van der Waals surface area contributed by atoms with Crippen molar-refractivity contribution < 1.29 is 18.7 Å². The van der Waals surface area contributed by atoms with Gasteiger partial charge in [-0.3, -0.25) is 4.98 Å². The Kier molecular flexibility index (Phi) is 14.4. The molecule has 0 amide bonds. The molecule has 202 valence electrons. The van der Waals surface area contributed by atoms with E-state index in [1.807, 2.05) is 85.7 Å². The van der Waals surface area contributed by atoms with Crippen molar-refractivity contribution in [1.29, 1.82) is 0 Å². The van der Waals surface area contributed by atoms with E-state index in [1.165, 1.54) is 6.07 Å². The Hall–Kier alpha value is -3.05. The Morgan fingerprint density at radius 1 is 0.838 bits per heavy atom. The SMILES string of the molecule is CC.CC.CCOC(=O)c1c(C(C)C)nc(C(C)C)c(COCc2ccccc2)c1-c1ccccc1F. The number of rotatable bonds is 9. The average molecular weight is 510 g/mol. The van der Waals surface area contributed by atoms with Gasteiger partial charge in [0.25, 0.3) is 0 Å². The van der Waals surface area contributed by atoms with Crippen LogP contribution < -0.4 is 0 Å². The fourth-order valence-electron chi connectivity index (χ4n) is 3.92. The smallest absolute Gasteiger partial charge is 0.340 e. The highest BCUT2D eigenvalue weighted by atomic mass is 19.1. The number of nitrogens with zero attached hydrogens (tertiary/aromatic N) is 1. The van der Waals surface area contributed by atoms with Crippen LogP contribution in [0.25, 0.3) is 11.1 Å². The fraction of sp³-hybridized carbons (Fsp3) is 0.438. The van der Waals surface area contributed by atoms with Crippen molar-refractivity contribution in [3.05, 3.63) is 88.5 Å². The monoisotopic (exact) mass is 509 g/mol. The molecule has 0 saturated heterocycles. The molecule has 0 saturated carbocycles. The molecule has 5 heteroatoms. The molecule has 0 atom stereocenters. The van der Waals surface area contributed by atoms with Crippen LogP contribution in [0.3, 0.4) is 0 Å². The van der Waals surface area contributed by atoms with Gasteiger partial charge in [-0.05, 0) is 30.4 Å². The van der Waals surface area contributed by atoms with Crippen LogP contribution in [-0.2, 0) is 22.7 Å². The van der Waals surface area contributed by atoms with Gasteiger partial charge in [-0.15, -0.1) is 0 Å². The number of carbonyl (C=O) groups is 1. The zero-order valence-electron chi connectivity index (χ0n) is 24.0. The van der Waals surface area contributed by atoms with Gasteiger partial charge in [0.2, 0.25) is 0 Å². The Balaban J connectivity index is 0.00000163.